The molecule has 0 radical (unpaired) electrons. The normalized spacial score (nSPS) is 14.2. The van der Waals surface area contributed by atoms with Crippen LogP contribution >= 0.6 is 0 Å². The number of halogens is 1. The van der Waals surface area contributed by atoms with Crippen molar-refractivity contribution >= 4 is 5.97 Å². The second kappa shape index (κ2) is 4.91. The maximum absolute atomic E-state index is 12.8. The predicted molar refractivity (Wildman–Crippen MR) is 51.0 cm³/mol. The van der Waals surface area contributed by atoms with Gasteiger partial charge in [0.15, 0.2) is 6.10 Å². The lowest BCUT2D eigenvalue weighted by Crippen LogP contribution is -2.29. The first-order valence-electron chi connectivity index (χ1n) is 4.39. The summed E-state index contributed by atoms with van der Waals surface area (Å²) in [5.74, 6) is -2.20. The molecule has 6 heteroatoms. The van der Waals surface area contributed by atoms with E-state index in [-0.39, 0.29) is 5.56 Å². The first-order chi connectivity index (χ1) is 7.47. The lowest BCUT2D eigenvalue weighted by Gasteiger charge is -2.16. The van der Waals surface area contributed by atoms with Crippen molar-refractivity contribution in [3.8, 4) is 5.75 Å². The zero-order valence-electron chi connectivity index (χ0n) is 8.42. The quantitative estimate of drug-likeness (QED) is 0.641. The van der Waals surface area contributed by atoms with Crippen molar-refractivity contribution in [2.24, 2.45) is 0 Å². The summed E-state index contributed by atoms with van der Waals surface area (Å²) >= 11 is 0. The molecule has 0 aliphatic heterocycles. The number of ether oxygens (including phenoxy) is 1. The maximum Gasteiger partial charge on any atom is 0.337 e. The number of phenolic OH excluding ortho intramolecular Hbond substituents is 1. The number of carbonyl (C=O) groups excluding carboxylic acids is 1. The molecule has 1 rings (SSSR count). The van der Waals surface area contributed by atoms with E-state index in [4.69, 9.17) is 0 Å². The highest BCUT2D eigenvalue weighted by molar-refractivity contribution is 5.75. The van der Waals surface area contributed by atoms with Crippen molar-refractivity contribution in [3.05, 3.63) is 29.6 Å². The van der Waals surface area contributed by atoms with Crippen molar-refractivity contribution in [1.29, 1.82) is 0 Å². The van der Waals surface area contributed by atoms with Crippen molar-refractivity contribution in [1.82, 2.24) is 0 Å². The van der Waals surface area contributed by atoms with Crippen LogP contribution < -0.4 is 0 Å². The van der Waals surface area contributed by atoms with Crippen LogP contribution in [0.15, 0.2) is 18.2 Å². The molecule has 0 saturated carbocycles. The fourth-order valence-corrected chi connectivity index (χ4v) is 1.18. The van der Waals surface area contributed by atoms with E-state index in [1.54, 1.807) is 0 Å². The zero-order chi connectivity index (χ0) is 12.3. The summed E-state index contributed by atoms with van der Waals surface area (Å²) in [5.41, 5.74) is -0.280. The van der Waals surface area contributed by atoms with Crippen LogP contribution in [0.2, 0.25) is 0 Å². The second-order valence-corrected chi connectivity index (χ2v) is 3.12. The lowest BCUT2D eigenvalue weighted by molar-refractivity contribution is -0.156. The van der Waals surface area contributed by atoms with Crippen LogP contribution in [0.5, 0.6) is 5.75 Å². The molecule has 5 nitrogen and oxygen atoms in total. The number of esters is 1. The highest BCUT2D eigenvalue weighted by atomic mass is 19.1. The maximum atomic E-state index is 12.8. The molecule has 3 N–H and O–H groups in total. The van der Waals surface area contributed by atoms with Gasteiger partial charge in [0.1, 0.15) is 17.7 Å². The number of phenols is 1. The van der Waals surface area contributed by atoms with Crippen LogP contribution in [0.4, 0.5) is 4.39 Å². The molecule has 0 heterocycles. The average molecular weight is 230 g/mol. The minimum atomic E-state index is -1.88. The summed E-state index contributed by atoms with van der Waals surface area (Å²) < 4.78 is 17.0. The Morgan fingerprint density at radius 2 is 2.06 bits per heavy atom. The van der Waals surface area contributed by atoms with Crippen molar-refractivity contribution in [2.45, 2.75) is 12.2 Å². The SMILES string of the molecule is COC(=O)C(O)C(O)c1cc(F)ccc1O. The van der Waals surface area contributed by atoms with Gasteiger partial charge in [-0.2, -0.15) is 0 Å². The number of aliphatic hydroxyl groups excluding tert-OH is 2. The largest absolute Gasteiger partial charge is 0.508 e. The number of benzene rings is 1. The molecule has 0 aliphatic carbocycles. The molecule has 0 saturated heterocycles. The Hall–Kier alpha value is -1.66. The Morgan fingerprint density at radius 1 is 1.44 bits per heavy atom. The fourth-order valence-electron chi connectivity index (χ4n) is 1.18. The molecular weight excluding hydrogens is 219 g/mol. The molecule has 2 unspecified atom stereocenters. The minimum absolute atomic E-state index is 0.280. The van der Waals surface area contributed by atoms with Crippen LogP contribution in [0.1, 0.15) is 11.7 Å². The summed E-state index contributed by atoms with van der Waals surface area (Å²) in [6, 6.07) is 2.82. The summed E-state index contributed by atoms with van der Waals surface area (Å²) in [6.07, 6.45) is -3.62. The van der Waals surface area contributed by atoms with Crippen molar-refractivity contribution in [2.75, 3.05) is 7.11 Å². The van der Waals surface area contributed by atoms with Gasteiger partial charge in [0, 0.05) is 5.56 Å². The van der Waals surface area contributed by atoms with Crippen molar-refractivity contribution < 1.29 is 29.2 Å². The molecule has 0 amide bonds. The number of methoxy groups -OCH3 is 1. The van der Waals surface area contributed by atoms with E-state index < -0.39 is 29.7 Å². The van der Waals surface area contributed by atoms with Crippen LogP contribution in [0, 0.1) is 5.82 Å². The van der Waals surface area contributed by atoms with Gasteiger partial charge in [-0.1, -0.05) is 0 Å². The second-order valence-electron chi connectivity index (χ2n) is 3.12. The van der Waals surface area contributed by atoms with E-state index in [2.05, 4.69) is 4.74 Å². The van der Waals surface area contributed by atoms with Gasteiger partial charge in [-0.05, 0) is 18.2 Å². The molecule has 16 heavy (non-hydrogen) atoms. The Kier molecular flexibility index (Phi) is 3.81. The molecule has 88 valence electrons. The number of aromatic hydroxyl groups is 1. The number of carbonyl (C=O) groups is 1. The first-order valence-corrected chi connectivity index (χ1v) is 4.39. The lowest BCUT2D eigenvalue weighted by atomic mass is 10.0. The van der Waals surface area contributed by atoms with Crippen LogP contribution in [-0.2, 0) is 9.53 Å². The Labute approximate surface area is 90.7 Å². The Morgan fingerprint density at radius 3 is 2.62 bits per heavy atom. The number of hydrogen-bond donors (Lipinski definition) is 3. The number of aliphatic hydroxyl groups is 2. The summed E-state index contributed by atoms with van der Waals surface area (Å²) in [5, 5.41) is 28.1. The summed E-state index contributed by atoms with van der Waals surface area (Å²) in [4.78, 5) is 10.9. The van der Waals surface area contributed by atoms with Gasteiger partial charge in [-0.25, -0.2) is 9.18 Å². The molecule has 0 bridgehead atoms. The molecular formula is C10H11FO5. The van der Waals surface area contributed by atoms with Gasteiger partial charge in [0.25, 0.3) is 0 Å². The topological polar surface area (TPSA) is 87.0 Å². The first kappa shape index (κ1) is 12.4. The summed E-state index contributed by atoms with van der Waals surface area (Å²) in [7, 11) is 1.03. The van der Waals surface area contributed by atoms with E-state index >= 15 is 0 Å². The smallest absolute Gasteiger partial charge is 0.337 e. The molecule has 1 aromatic rings. The third-order valence-electron chi connectivity index (χ3n) is 2.05. The molecule has 0 fully saturated rings. The average Bonchev–Trinajstić information content (AvgIpc) is 2.29. The monoisotopic (exact) mass is 230 g/mol. The van der Waals surface area contributed by atoms with E-state index in [9.17, 15) is 24.5 Å². The Bertz CT molecular complexity index is 393. The molecule has 0 spiro atoms. The molecule has 1 aromatic carbocycles. The third-order valence-corrected chi connectivity index (χ3v) is 2.05. The van der Waals surface area contributed by atoms with Crippen LogP contribution in [-0.4, -0.2) is 34.5 Å². The molecule has 0 aliphatic rings. The van der Waals surface area contributed by atoms with Gasteiger partial charge in [0.2, 0.25) is 0 Å². The highest BCUT2D eigenvalue weighted by Gasteiger charge is 2.28. The summed E-state index contributed by atoms with van der Waals surface area (Å²) in [6.45, 7) is 0. The van der Waals surface area contributed by atoms with Crippen LogP contribution in [0.25, 0.3) is 0 Å². The van der Waals surface area contributed by atoms with Crippen molar-refractivity contribution in [3.63, 3.8) is 0 Å². The van der Waals surface area contributed by atoms with Crippen LogP contribution in [0.3, 0.4) is 0 Å². The highest BCUT2D eigenvalue weighted by Crippen LogP contribution is 2.27. The van der Waals surface area contributed by atoms with E-state index in [0.717, 1.165) is 25.3 Å². The van der Waals surface area contributed by atoms with E-state index in [1.807, 2.05) is 0 Å². The molecule has 0 aromatic heterocycles. The minimum Gasteiger partial charge on any atom is -0.508 e. The van der Waals surface area contributed by atoms with E-state index in [0.29, 0.717) is 0 Å². The standard InChI is InChI=1S/C10H11FO5/c1-16-10(15)9(14)8(13)6-4-5(11)2-3-7(6)12/h2-4,8-9,12-14H,1H3. The van der Waals surface area contributed by atoms with Gasteiger partial charge < -0.3 is 20.1 Å². The van der Waals surface area contributed by atoms with Gasteiger partial charge in [0.05, 0.1) is 7.11 Å². The van der Waals surface area contributed by atoms with Gasteiger partial charge in [-0.3, -0.25) is 0 Å². The number of hydrogen-bond acceptors (Lipinski definition) is 5. The van der Waals surface area contributed by atoms with E-state index in [1.165, 1.54) is 0 Å². The number of rotatable bonds is 3. The Balaban J connectivity index is 2.99. The fraction of sp³-hybridized carbons (Fsp3) is 0.300. The predicted octanol–water partition coefficient (Wildman–Crippen LogP) is 0.0986. The third kappa shape index (κ3) is 2.47. The molecule has 2 atom stereocenters. The van der Waals surface area contributed by atoms with Gasteiger partial charge in [-0.15, -0.1) is 0 Å². The van der Waals surface area contributed by atoms with Gasteiger partial charge >= 0.3 is 5.97 Å². The zero-order valence-corrected chi connectivity index (χ0v) is 8.42.